The Morgan fingerprint density at radius 1 is 1.32 bits per heavy atom. The summed E-state index contributed by atoms with van der Waals surface area (Å²) < 4.78 is 39.0. The Balaban J connectivity index is 1.77. The number of halogens is 3. The number of likely N-dealkylation sites (tertiary alicyclic amines) is 1. The maximum Gasteiger partial charge on any atom is 0.408 e. The predicted octanol–water partition coefficient (Wildman–Crippen LogP) is 2.36. The van der Waals surface area contributed by atoms with Gasteiger partial charge < -0.3 is 10.6 Å². The first-order valence-electron chi connectivity index (χ1n) is 8.73. The lowest BCUT2D eigenvalue weighted by molar-refractivity contribution is -0.143. The number of nitrogens with two attached hydrogens (primary N) is 1. The van der Waals surface area contributed by atoms with Crippen molar-refractivity contribution in [2.45, 2.75) is 58.3 Å². The minimum atomic E-state index is -4.34. The molecule has 2 fully saturated rings. The molecule has 4 unspecified atom stereocenters. The van der Waals surface area contributed by atoms with E-state index < -0.39 is 18.6 Å². The minimum absolute atomic E-state index is 0.0423. The monoisotopic (exact) mass is 358 g/mol. The van der Waals surface area contributed by atoms with Crippen LogP contribution in [-0.2, 0) is 11.3 Å². The second kappa shape index (κ2) is 6.30. The van der Waals surface area contributed by atoms with Gasteiger partial charge in [-0.1, -0.05) is 0 Å². The number of hydrogen-bond acceptors (Lipinski definition) is 3. The smallest absolute Gasteiger partial charge is 0.342 e. The quantitative estimate of drug-likeness (QED) is 0.902. The van der Waals surface area contributed by atoms with Gasteiger partial charge in [0, 0.05) is 30.4 Å². The largest absolute Gasteiger partial charge is 0.408 e. The first-order chi connectivity index (χ1) is 11.6. The fourth-order valence-electron chi connectivity index (χ4n) is 4.55. The summed E-state index contributed by atoms with van der Waals surface area (Å²) in [6.07, 6.45) is -2.28. The van der Waals surface area contributed by atoms with Crippen LogP contribution in [0.5, 0.6) is 0 Å². The Morgan fingerprint density at radius 2 is 2.00 bits per heavy atom. The van der Waals surface area contributed by atoms with E-state index in [4.69, 9.17) is 5.73 Å². The van der Waals surface area contributed by atoms with Crippen molar-refractivity contribution in [2.75, 3.05) is 13.1 Å². The molecule has 140 valence electrons. The Bertz CT molecular complexity index is 670. The van der Waals surface area contributed by atoms with E-state index in [1.54, 1.807) is 20.8 Å². The Labute approximate surface area is 145 Å². The molecule has 2 heterocycles. The van der Waals surface area contributed by atoms with Crippen molar-refractivity contribution in [1.29, 1.82) is 0 Å². The molecular formula is C17H25F3N4O. The van der Waals surface area contributed by atoms with Crippen LogP contribution in [0, 0.1) is 25.7 Å². The molecule has 2 aliphatic rings. The standard InChI is InChI=1S/C17H25F3N4O/c1-9(15-10(2)22-24(11(15)3)8-17(18,19)20)16(25)23-6-12-4-5-14(21)13(12)7-23/h9,12-14H,4-8,21H2,1-3H3. The molecule has 4 atom stereocenters. The average Bonchev–Trinajstić information content (AvgIpc) is 3.13. The maximum atomic E-state index is 12.9. The highest BCUT2D eigenvalue weighted by Crippen LogP contribution is 2.38. The maximum absolute atomic E-state index is 12.9. The van der Waals surface area contributed by atoms with E-state index in [2.05, 4.69) is 5.10 Å². The van der Waals surface area contributed by atoms with Crippen molar-refractivity contribution in [3.63, 3.8) is 0 Å². The molecule has 1 amide bonds. The van der Waals surface area contributed by atoms with Crippen molar-refractivity contribution in [3.8, 4) is 0 Å². The highest BCUT2D eigenvalue weighted by molar-refractivity contribution is 5.84. The van der Waals surface area contributed by atoms with Gasteiger partial charge >= 0.3 is 6.18 Å². The molecule has 0 spiro atoms. The van der Waals surface area contributed by atoms with E-state index in [9.17, 15) is 18.0 Å². The number of alkyl halides is 3. The number of nitrogens with zero attached hydrogens (tertiary/aromatic N) is 3. The minimum Gasteiger partial charge on any atom is -0.342 e. The lowest BCUT2D eigenvalue weighted by Crippen LogP contribution is -2.36. The number of rotatable bonds is 3. The van der Waals surface area contributed by atoms with Crippen LogP contribution in [0.3, 0.4) is 0 Å². The van der Waals surface area contributed by atoms with Crippen molar-refractivity contribution in [3.05, 3.63) is 17.0 Å². The van der Waals surface area contributed by atoms with Gasteiger partial charge in [0.25, 0.3) is 0 Å². The van der Waals surface area contributed by atoms with Crippen LogP contribution in [0.25, 0.3) is 0 Å². The molecule has 5 nitrogen and oxygen atoms in total. The number of fused-ring (bicyclic) bond motifs is 1. The van der Waals surface area contributed by atoms with E-state index in [0.29, 0.717) is 41.9 Å². The highest BCUT2D eigenvalue weighted by Gasteiger charge is 2.43. The van der Waals surface area contributed by atoms with Gasteiger partial charge in [-0.2, -0.15) is 18.3 Å². The molecule has 8 heteroatoms. The zero-order valence-electron chi connectivity index (χ0n) is 14.8. The number of aryl methyl sites for hydroxylation is 1. The van der Waals surface area contributed by atoms with Gasteiger partial charge in [-0.25, -0.2) is 0 Å². The highest BCUT2D eigenvalue weighted by atomic mass is 19.4. The van der Waals surface area contributed by atoms with Gasteiger partial charge in [-0.3, -0.25) is 9.48 Å². The lowest BCUT2D eigenvalue weighted by Gasteiger charge is -2.23. The topological polar surface area (TPSA) is 64.2 Å². The predicted molar refractivity (Wildman–Crippen MR) is 86.9 cm³/mol. The first-order valence-corrected chi connectivity index (χ1v) is 8.73. The zero-order valence-corrected chi connectivity index (χ0v) is 14.8. The van der Waals surface area contributed by atoms with Gasteiger partial charge in [0.2, 0.25) is 5.91 Å². The molecule has 0 radical (unpaired) electrons. The second-order valence-electron chi connectivity index (χ2n) is 7.49. The zero-order chi connectivity index (χ0) is 18.5. The van der Waals surface area contributed by atoms with Crippen LogP contribution >= 0.6 is 0 Å². The van der Waals surface area contributed by atoms with E-state index >= 15 is 0 Å². The molecule has 1 saturated heterocycles. The number of carbonyl (C=O) groups excluding carboxylic acids is 1. The van der Waals surface area contributed by atoms with Crippen molar-refractivity contribution in [2.24, 2.45) is 17.6 Å². The molecule has 1 aromatic rings. The van der Waals surface area contributed by atoms with Crippen LogP contribution in [0.1, 0.15) is 42.6 Å². The van der Waals surface area contributed by atoms with Gasteiger partial charge in [-0.05, 0) is 45.4 Å². The summed E-state index contributed by atoms with van der Waals surface area (Å²) in [7, 11) is 0. The molecule has 1 aliphatic heterocycles. The number of hydrogen-bond donors (Lipinski definition) is 1. The fraction of sp³-hybridized carbons (Fsp3) is 0.765. The lowest BCUT2D eigenvalue weighted by atomic mass is 9.97. The number of carbonyl (C=O) groups is 1. The first kappa shape index (κ1) is 18.2. The average molecular weight is 358 g/mol. The SMILES string of the molecule is Cc1nn(CC(F)(F)F)c(C)c1C(C)C(=O)N1CC2CCC(N)C2C1. The van der Waals surface area contributed by atoms with Crippen LogP contribution < -0.4 is 5.73 Å². The van der Waals surface area contributed by atoms with E-state index in [1.165, 1.54) is 0 Å². The van der Waals surface area contributed by atoms with E-state index in [1.807, 2.05) is 4.90 Å². The van der Waals surface area contributed by atoms with Gasteiger partial charge in [0.15, 0.2) is 0 Å². The van der Waals surface area contributed by atoms with E-state index in [-0.39, 0.29) is 11.9 Å². The van der Waals surface area contributed by atoms with Crippen LogP contribution in [-0.4, -0.2) is 45.9 Å². The molecular weight excluding hydrogens is 333 g/mol. The molecule has 25 heavy (non-hydrogen) atoms. The third-order valence-electron chi connectivity index (χ3n) is 5.79. The second-order valence-corrected chi connectivity index (χ2v) is 7.49. The molecule has 0 aromatic carbocycles. The third-order valence-corrected chi connectivity index (χ3v) is 5.79. The summed E-state index contributed by atoms with van der Waals surface area (Å²) in [5.41, 5.74) is 7.62. The summed E-state index contributed by atoms with van der Waals surface area (Å²) in [5.74, 6) is 0.268. The van der Waals surface area contributed by atoms with Crippen LogP contribution in [0.4, 0.5) is 13.2 Å². The summed E-state index contributed by atoms with van der Waals surface area (Å²) in [4.78, 5) is 14.7. The van der Waals surface area contributed by atoms with Crippen molar-refractivity contribution < 1.29 is 18.0 Å². The van der Waals surface area contributed by atoms with Gasteiger partial charge in [0.1, 0.15) is 6.54 Å². The number of aromatic nitrogens is 2. The van der Waals surface area contributed by atoms with Gasteiger partial charge in [0.05, 0.1) is 11.6 Å². The molecule has 1 aromatic heterocycles. The molecule has 1 aliphatic carbocycles. The van der Waals surface area contributed by atoms with Gasteiger partial charge in [-0.15, -0.1) is 0 Å². The fourth-order valence-corrected chi connectivity index (χ4v) is 4.55. The molecule has 1 saturated carbocycles. The number of amides is 1. The van der Waals surface area contributed by atoms with Crippen molar-refractivity contribution >= 4 is 5.91 Å². The summed E-state index contributed by atoms with van der Waals surface area (Å²) in [6, 6.07) is 0.149. The molecule has 0 bridgehead atoms. The normalized spacial score (nSPS) is 27.6. The van der Waals surface area contributed by atoms with Crippen LogP contribution in [0.2, 0.25) is 0 Å². The van der Waals surface area contributed by atoms with Crippen LogP contribution in [0.15, 0.2) is 0 Å². The molecule has 3 rings (SSSR count). The third kappa shape index (κ3) is 3.41. The molecule has 2 N–H and O–H groups in total. The summed E-state index contributed by atoms with van der Waals surface area (Å²) in [5, 5.41) is 4.00. The summed E-state index contributed by atoms with van der Waals surface area (Å²) >= 11 is 0. The summed E-state index contributed by atoms with van der Waals surface area (Å²) in [6.45, 7) is 5.24. The Kier molecular flexibility index (Phi) is 4.59. The Morgan fingerprint density at radius 3 is 2.60 bits per heavy atom. The van der Waals surface area contributed by atoms with E-state index in [0.717, 1.165) is 17.5 Å². The Hall–Kier alpha value is -1.57. The van der Waals surface area contributed by atoms with Crippen molar-refractivity contribution in [1.82, 2.24) is 14.7 Å².